The van der Waals surface area contributed by atoms with E-state index in [1.54, 1.807) is 0 Å². The Morgan fingerprint density at radius 2 is 2.07 bits per heavy atom. The van der Waals surface area contributed by atoms with Crippen LogP contribution in [-0.4, -0.2) is 60.3 Å². The quantitative estimate of drug-likeness (QED) is 0.686. The summed E-state index contributed by atoms with van der Waals surface area (Å²) in [6.45, 7) is 12.9. The van der Waals surface area contributed by atoms with Gasteiger partial charge in [0, 0.05) is 38.8 Å². The number of hydrogen-bond donors (Lipinski definition) is 1. The van der Waals surface area contributed by atoms with Gasteiger partial charge in [-0.15, -0.1) is 0 Å². The van der Waals surface area contributed by atoms with Gasteiger partial charge in [0.15, 0.2) is 0 Å². The van der Waals surface area contributed by atoms with E-state index < -0.39 is 0 Å². The highest BCUT2D eigenvalue weighted by atomic mass is 16.3. The first kappa shape index (κ1) is 12.9. The summed E-state index contributed by atoms with van der Waals surface area (Å²) in [5.41, 5.74) is 0. The minimum absolute atomic E-state index is 0.319. The van der Waals surface area contributed by atoms with Crippen molar-refractivity contribution in [2.75, 3.05) is 39.3 Å². The van der Waals surface area contributed by atoms with Crippen molar-refractivity contribution in [3.05, 3.63) is 0 Å². The van der Waals surface area contributed by atoms with E-state index in [4.69, 9.17) is 5.11 Å². The highest BCUT2D eigenvalue weighted by Crippen LogP contribution is 2.19. The molecule has 0 aromatic heterocycles. The molecule has 1 rings (SSSR count). The van der Waals surface area contributed by atoms with Gasteiger partial charge in [0.2, 0.25) is 0 Å². The molecule has 0 saturated carbocycles. The molecule has 1 heterocycles. The van der Waals surface area contributed by atoms with Gasteiger partial charge in [0.1, 0.15) is 0 Å². The predicted octanol–water partition coefficient (Wildman–Crippen LogP) is 1.03. The Kier molecular flexibility index (Phi) is 5.58. The molecule has 0 aromatic carbocycles. The van der Waals surface area contributed by atoms with Crippen molar-refractivity contribution in [3.8, 4) is 0 Å². The summed E-state index contributed by atoms with van der Waals surface area (Å²) in [4.78, 5) is 4.98. The summed E-state index contributed by atoms with van der Waals surface area (Å²) in [7, 11) is 0. The van der Waals surface area contributed by atoms with Crippen LogP contribution in [0, 0.1) is 5.92 Å². The normalized spacial score (nSPS) is 18.8. The Bertz CT molecular complexity index is 167. The van der Waals surface area contributed by atoms with Crippen molar-refractivity contribution in [3.63, 3.8) is 0 Å². The molecule has 3 nitrogen and oxygen atoms in total. The second-order valence-electron chi connectivity index (χ2n) is 4.88. The standard InChI is InChI=1S/C12H26N2O/c1-4-13(6-5-7-15)8-12-9-14(10-12)11(2)3/h11-12,15H,4-10H2,1-3H3. The van der Waals surface area contributed by atoms with Crippen LogP contribution < -0.4 is 0 Å². The molecule has 0 bridgehead atoms. The van der Waals surface area contributed by atoms with Crippen molar-refractivity contribution >= 4 is 0 Å². The molecular weight excluding hydrogens is 188 g/mol. The third-order valence-electron chi connectivity index (χ3n) is 3.31. The first-order valence-electron chi connectivity index (χ1n) is 6.24. The van der Waals surface area contributed by atoms with Crippen LogP contribution in [0.25, 0.3) is 0 Å². The Balaban J connectivity index is 2.13. The zero-order chi connectivity index (χ0) is 11.3. The molecule has 90 valence electrons. The van der Waals surface area contributed by atoms with Crippen molar-refractivity contribution in [2.45, 2.75) is 33.2 Å². The summed E-state index contributed by atoms with van der Waals surface area (Å²) in [5, 5.41) is 8.80. The van der Waals surface area contributed by atoms with E-state index in [9.17, 15) is 0 Å². The van der Waals surface area contributed by atoms with Crippen LogP contribution >= 0.6 is 0 Å². The van der Waals surface area contributed by atoms with E-state index in [2.05, 4.69) is 30.6 Å². The molecule has 1 N–H and O–H groups in total. The van der Waals surface area contributed by atoms with Crippen LogP contribution in [0.4, 0.5) is 0 Å². The van der Waals surface area contributed by atoms with Gasteiger partial charge in [0.05, 0.1) is 0 Å². The van der Waals surface area contributed by atoms with Gasteiger partial charge in [-0.25, -0.2) is 0 Å². The Morgan fingerprint density at radius 3 is 2.53 bits per heavy atom. The second kappa shape index (κ2) is 6.46. The molecule has 0 aliphatic carbocycles. The number of aliphatic hydroxyl groups excluding tert-OH is 1. The first-order valence-corrected chi connectivity index (χ1v) is 6.24. The molecule has 0 unspecified atom stereocenters. The maximum atomic E-state index is 8.80. The molecule has 1 aliphatic heterocycles. The number of nitrogens with zero attached hydrogens (tertiary/aromatic N) is 2. The highest BCUT2D eigenvalue weighted by molar-refractivity contribution is 4.84. The SMILES string of the molecule is CCN(CCCO)CC1CN(C(C)C)C1. The lowest BCUT2D eigenvalue weighted by Crippen LogP contribution is -2.54. The summed E-state index contributed by atoms with van der Waals surface area (Å²) in [6, 6.07) is 0.703. The minimum atomic E-state index is 0.319. The molecule has 1 saturated heterocycles. The van der Waals surface area contributed by atoms with Crippen LogP contribution in [0.15, 0.2) is 0 Å². The fourth-order valence-corrected chi connectivity index (χ4v) is 2.18. The summed E-state index contributed by atoms with van der Waals surface area (Å²) < 4.78 is 0. The van der Waals surface area contributed by atoms with Crippen LogP contribution in [0.2, 0.25) is 0 Å². The van der Waals surface area contributed by atoms with Crippen LogP contribution in [-0.2, 0) is 0 Å². The molecule has 0 radical (unpaired) electrons. The second-order valence-corrected chi connectivity index (χ2v) is 4.88. The number of hydrogen-bond acceptors (Lipinski definition) is 3. The van der Waals surface area contributed by atoms with E-state index >= 15 is 0 Å². The fraction of sp³-hybridized carbons (Fsp3) is 1.00. The number of aliphatic hydroxyl groups is 1. The molecule has 3 heteroatoms. The lowest BCUT2D eigenvalue weighted by Gasteiger charge is -2.44. The van der Waals surface area contributed by atoms with Crippen molar-refractivity contribution in [1.82, 2.24) is 9.80 Å². The molecule has 1 aliphatic rings. The smallest absolute Gasteiger partial charge is 0.0443 e. The molecular formula is C12H26N2O. The Labute approximate surface area is 94.1 Å². The van der Waals surface area contributed by atoms with E-state index in [-0.39, 0.29) is 0 Å². The summed E-state index contributed by atoms with van der Waals surface area (Å²) >= 11 is 0. The average Bonchev–Trinajstić information content (AvgIpc) is 2.14. The fourth-order valence-electron chi connectivity index (χ4n) is 2.18. The van der Waals surface area contributed by atoms with Gasteiger partial charge in [-0.2, -0.15) is 0 Å². The van der Waals surface area contributed by atoms with Crippen molar-refractivity contribution in [2.24, 2.45) is 5.92 Å². The third kappa shape index (κ3) is 4.09. The largest absolute Gasteiger partial charge is 0.396 e. The molecule has 0 aromatic rings. The Morgan fingerprint density at radius 1 is 1.40 bits per heavy atom. The lowest BCUT2D eigenvalue weighted by molar-refractivity contribution is 0.0421. The van der Waals surface area contributed by atoms with Gasteiger partial charge >= 0.3 is 0 Å². The summed E-state index contributed by atoms with van der Waals surface area (Å²) in [6.07, 6.45) is 0.911. The van der Waals surface area contributed by atoms with Gasteiger partial charge < -0.3 is 14.9 Å². The van der Waals surface area contributed by atoms with E-state index in [1.165, 1.54) is 19.6 Å². The van der Waals surface area contributed by atoms with Crippen LogP contribution in [0.1, 0.15) is 27.2 Å². The number of likely N-dealkylation sites (tertiary alicyclic amines) is 1. The molecule has 0 amide bonds. The molecule has 1 fully saturated rings. The van der Waals surface area contributed by atoms with Crippen LogP contribution in [0.3, 0.4) is 0 Å². The van der Waals surface area contributed by atoms with Crippen molar-refractivity contribution < 1.29 is 5.11 Å². The average molecular weight is 214 g/mol. The van der Waals surface area contributed by atoms with Crippen LogP contribution in [0.5, 0.6) is 0 Å². The number of rotatable bonds is 7. The third-order valence-corrected chi connectivity index (χ3v) is 3.31. The molecule has 0 spiro atoms. The lowest BCUT2D eigenvalue weighted by atomic mass is 9.97. The predicted molar refractivity (Wildman–Crippen MR) is 64.0 cm³/mol. The Hall–Kier alpha value is -0.120. The van der Waals surface area contributed by atoms with Gasteiger partial charge in [-0.3, -0.25) is 0 Å². The highest BCUT2D eigenvalue weighted by Gasteiger charge is 2.29. The van der Waals surface area contributed by atoms with Gasteiger partial charge in [0.25, 0.3) is 0 Å². The summed E-state index contributed by atoms with van der Waals surface area (Å²) in [5.74, 6) is 0.853. The maximum Gasteiger partial charge on any atom is 0.0443 e. The zero-order valence-electron chi connectivity index (χ0n) is 10.4. The maximum absolute atomic E-state index is 8.80. The molecule has 15 heavy (non-hydrogen) atoms. The first-order chi connectivity index (χ1) is 7.17. The van der Waals surface area contributed by atoms with E-state index in [1.807, 2.05) is 0 Å². The van der Waals surface area contributed by atoms with E-state index in [0.29, 0.717) is 12.6 Å². The zero-order valence-corrected chi connectivity index (χ0v) is 10.4. The topological polar surface area (TPSA) is 26.7 Å². The monoisotopic (exact) mass is 214 g/mol. The van der Waals surface area contributed by atoms with Gasteiger partial charge in [-0.05, 0) is 32.7 Å². The van der Waals surface area contributed by atoms with Crippen molar-refractivity contribution in [1.29, 1.82) is 0 Å². The van der Waals surface area contributed by atoms with Gasteiger partial charge in [-0.1, -0.05) is 6.92 Å². The molecule has 0 atom stereocenters. The minimum Gasteiger partial charge on any atom is -0.396 e. The van der Waals surface area contributed by atoms with E-state index in [0.717, 1.165) is 25.4 Å².